The SMILES string of the molecule is CC(C)c1ccc2c(ccn2CCN(C)C)c1. The van der Waals surface area contributed by atoms with E-state index in [1.807, 2.05) is 0 Å². The number of hydrogen-bond donors (Lipinski definition) is 0. The summed E-state index contributed by atoms with van der Waals surface area (Å²) in [4.78, 5) is 2.22. The third kappa shape index (κ3) is 2.70. The van der Waals surface area contributed by atoms with Gasteiger partial charge >= 0.3 is 0 Å². The first-order valence-corrected chi connectivity index (χ1v) is 6.31. The van der Waals surface area contributed by atoms with E-state index in [1.54, 1.807) is 0 Å². The van der Waals surface area contributed by atoms with Crippen LogP contribution < -0.4 is 0 Å². The van der Waals surface area contributed by atoms with Crippen molar-refractivity contribution >= 4 is 10.9 Å². The van der Waals surface area contributed by atoms with Crippen molar-refractivity contribution in [1.82, 2.24) is 9.47 Å². The average molecular weight is 230 g/mol. The van der Waals surface area contributed by atoms with Gasteiger partial charge in [0.25, 0.3) is 0 Å². The molecule has 0 spiro atoms. The summed E-state index contributed by atoms with van der Waals surface area (Å²) in [6.07, 6.45) is 2.19. The van der Waals surface area contributed by atoms with Crippen molar-refractivity contribution in [3.05, 3.63) is 36.0 Å². The molecule has 0 saturated carbocycles. The van der Waals surface area contributed by atoms with Crippen molar-refractivity contribution in [3.63, 3.8) is 0 Å². The molecular formula is C15H22N2. The summed E-state index contributed by atoms with van der Waals surface area (Å²) in [5, 5.41) is 1.36. The Balaban J connectivity index is 2.28. The molecule has 1 heterocycles. The molecule has 92 valence electrons. The summed E-state index contributed by atoms with van der Waals surface area (Å²) < 4.78 is 2.33. The third-order valence-corrected chi connectivity index (χ3v) is 3.25. The number of benzene rings is 1. The highest BCUT2D eigenvalue weighted by Gasteiger charge is 2.04. The van der Waals surface area contributed by atoms with Crippen LogP contribution in [0.3, 0.4) is 0 Å². The van der Waals surface area contributed by atoms with Crippen molar-refractivity contribution in [3.8, 4) is 0 Å². The third-order valence-electron chi connectivity index (χ3n) is 3.25. The van der Waals surface area contributed by atoms with Gasteiger partial charge in [0.05, 0.1) is 0 Å². The Hall–Kier alpha value is -1.28. The van der Waals surface area contributed by atoms with Crippen molar-refractivity contribution in [1.29, 1.82) is 0 Å². The zero-order valence-electron chi connectivity index (χ0n) is 11.3. The highest BCUT2D eigenvalue weighted by atomic mass is 15.1. The molecule has 0 aliphatic heterocycles. The Morgan fingerprint density at radius 3 is 2.59 bits per heavy atom. The van der Waals surface area contributed by atoms with Crippen molar-refractivity contribution < 1.29 is 0 Å². The highest BCUT2D eigenvalue weighted by Crippen LogP contribution is 2.22. The lowest BCUT2D eigenvalue weighted by atomic mass is 10.0. The monoisotopic (exact) mass is 230 g/mol. The molecule has 0 radical (unpaired) electrons. The van der Waals surface area contributed by atoms with Gasteiger partial charge in [-0.05, 0) is 49.2 Å². The van der Waals surface area contributed by atoms with Crippen LogP contribution in [-0.4, -0.2) is 30.1 Å². The van der Waals surface area contributed by atoms with Crippen molar-refractivity contribution in [2.24, 2.45) is 0 Å². The van der Waals surface area contributed by atoms with E-state index in [-0.39, 0.29) is 0 Å². The topological polar surface area (TPSA) is 8.17 Å². The minimum Gasteiger partial charge on any atom is -0.346 e. The molecule has 0 aliphatic rings. The molecule has 0 bridgehead atoms. The van der Waals surface area contributed by atoms with Gasteiger partial charge in [-0.3, -0.25) is 0 Å². The van der Waals surface area contributed by atoms with E-state index < -0.39 is 0 Å². The number of aromatic nitrogens is 1. The van der Waals surface area contributed by atoms with E-state index in [9.17, 15) is 0 Å². The molecule has 0 aliphatic carbocycles. The van der Waals surface area contributed by atoms with Crippen LogP contribution in [0.4, 0.5) is 0 Å². The molecule has 2 rings (SSSR count). The lowest BCUT2D eigenvalue weighted by molar-refractivity contribution is 0.387. The van der Waals surface area contributed by atoms with Gasteiger partial charge < -0.3 is 9.47 Å². The molecule has 2 aromatic rings. The van der Waals surface area contributed by atoms with Crippen LogP contribution >= 0.6 is 0 Å². The summed E-state index contributed by atoms with van der Waals surface area (Å²) in [5.41, 5.74) is 2.76. The Labute approximate surface area is 104 Å². The van der Waals surface area contributed by atoms with Gasteiger partial charge in [-0.15, -0.1) is 0 Å². The molecule has 2 nitrogen and oxygen atoms in total. The van der Waals surface area contributed by atoms with Crippen LogP contribution in [0.5, 0.6) is 0 Å². The van der Waals surface area contributed by atoms with Crippen LogP contribution in [0.1, 0.15) is 25.3 Å². The second-order valence-corrected chi connectivity index (χ2v) is 5.29. The molecule has 0 atom stereocenters. The zero-order chi connectivity index (χ0) is 12.4. The fraction of sp³-hybridized carbons (Fsp3) is 0.467. The number of fused-ring (bicyclic) bond motifs is 1. The predicted octanol–water partition coefficient (Wildman–Crippen LogP) is 3.33. The Kier molecular flexibility index (Phi) is 3.53. The Bertz CT molecular complexity index is 495. The molecule has 2 heteroatoms. The van der Waals surface area contributed by atoms with Gasteiger partial charge in [-0.25, -0.2) is 0 Å². The minimum atomic E-state index is 0.601. The minimum absolute atomic E-state index is 0.601. The highest BCUT2D eigenvalue weighted by molar-refractivity contribution is 5.81. The first-order valence-electron chi connectivity index (χ1n) is 6.31. The van der Waals surface area contributed by atoms with Crippen LogP contribution in [0.25, 0.3) is 10.9 Å². The van der Waals surface area contributed by atoms with E-state index in [0.29, 0.717) is 5.92 Å². The van der Waals surface area contributed by atoms with Gasteiger partial charge in [-0.2, -0.15) is 0 Å². The number of nitrogens with zero attached hydrogens (tertiary/aromatic N) is 2. The zero-order valence-corrected chi connectivity index (χ0v) is 11.3. The lowest BCUT2D eigenvalue weighted by Crippen LogP contribution is -2.17. The summed E-state index contributed by atoms with van der Waals surface area (Å²) in [6.45, 7) is 6.61. The second kappa shape index (κ2) is 4.92. The van der Waals surface area contributed by atoms with Crippen LogP contribution in [0, 0.1) is 0 Å². The largest absolute Gasteiger partial charge is 0.346 e. The number of rotatable bonds is 4. The molecule has 17 heavy (non-hydrogen) atoms. The van der Waals surface area contributed by atoms with E-state index in [2.05, 4.69) is 67.9 Å². The van der Waals surface area contributed by atoms with Crippen molar-refractivity contribution in [2.75, 3.05) is 20.6 Å². The fourth-order valence-electron chi connectivity index (χ4n) is 2.08. The summed E-state index contributed by atoms with van der Waals surface area (Å²) in [5.74, 6) is 0.601. The molecule has 0 unspecified atom stereocenters. The van der Waals surface area contributed by atoms with Gasteiger partial charge in [0, 0.05) is 24.8 Å². The molecule has 0 amide bonds. The summed E-state index contributed by atoms with van der Waals surface area (Å²) in [6, 6.07) is 9.03. The quantitative estimate of drug-likeness (QED) is 0.782. The lowest BCUT2D eigenvalue weighted by Gasteiger charge is -2.11. The standard InChI is InChI=1S/C15H22N2/c1-12(2)13-5-6-15-14(11-13)7-8-17(15)10-9-16(3)4/h5-8,11-12H,9-10H2,1-4H3. The predicted molar refractivity (Wildman–Crippen MR) is 74.6 cm³/mol. The number of likely N-dealkylation sites (N-methyl/N-ethyl adjacent to an activating group) is 1. The molecule has 0 fully saturated rings. The molecular weight excluding hydrogens is 208 g/mol. The Morgan fingerprint density at radius 1 is 1.18 bits per heavy atom. The molecule has 0 N–H and O–H groups in total. The maximum absolute atomic E-state index is 2.33. The van der Waals surface area contributed by atoms with Crippen molar-refractivity contribution in [2.45, 2.75) is 26.3 Å². The summed E-state index contributed by atoms with van der Waals surface area (Å²) in [7, 11) is 4.23. The van der Waals surface area contributed by atoms with Gasteiger partial charge in [0.2, 0.25) is 0 Å². The first-order chi connectivity index (χ1) is 8.08. The average Bonchev–Trinajstić information content (AvgIpc) is 2.68. The Morgan fingerprint density at radius 2 is 1.94 bits per heavy atom. The summed E-state index contributed by atoms with van der Waals surface area (Å²) >= 11 is 0. The second-order valence-electron chi connectivity index (χ2n) is 5.29. The van der Waals surface area contributed by atoms with Gasteiger partial charge in [0.15, 0.2) is 0 Å². The maximum Gasteiger partial charge on any atom is 0.0480 e. The van der Waals surface area contributed by atoms with Gasteiger partial charge in [0.1, 0.15) is 0 Å². The van der Waals surface area contributed by atoms with Crippen LogP contribution in [0.2, 0.25) is 0 Å². The molecule has 1 aromatic carbocycles. The molecule has 1 aromatic heterocycles. The smallest absolute Gasteiger partial charge is 0.0480 e. The number of hydrogen-bond acceptors (Lipinski definition) is 1. The van der Waals surface area contributed by atoms with Crippen LogP contribution in [-0.2, 0) is 6.54 Å². The normalized spacial score (nSPS) is 11.9. The maximum atomic E-state index is 2.33. The van der Waals surface area contributed by atoms with E-state index in [4.69, 9.17) is 0 Å². The molecule has 0 saturated heterocycles. The fourth-order valence-corrected chi connectivity index (χ4v) is 2.08. The van der Waals surface area contributed by atoms with E-state index in [0.717, 1.165) is 13.1 Å². The van der Waals surface area contributed by atoms with Gasteiger partial charge in [-0.1, -0.05) is 19.9 Å². The van der Waals surface area contributed by atoms with Crippen LogP contribution in [0.15, 0.2) is 30.5 Å². The van der Waals surface area contributed by atoms with E-state index >= 15 is 0 Å². The van der Waals surface area contributed by atoms with E-state index in [1.165, 1.54) is 16.5 Å². The first kappa shape index (κ1) is 12.2.